The Morgan fingerprint density at radius 1 is 1.18 bits per heavy atom. The van der Waals surface area contributed by atoms with E-state index in [-0.39, 0.29) is 17.7 Å². The molecule has 0 spiro atoms. The highest BCUT2D eigenvalue weighted by Crippen LogP contribution is 2.30. The average Bonchev–Trinajstić information content (AvgIpc) is 2.63. The number of hydrogen-bond donors (Lipinski definition) is 1. The molecule has 1 N–H and O–H groups in total. The quantitative estimate of drug-likeness (QED) is 0.926. The molecule has 22 heavy (non-hydrogen) atoms. The van der Waals surface area contributed by atoms with Crippen molar-refractivity contribution in [3.05, 3.63) is 42.0 Å². The number of nitrogens with one attached hydrogen (secondary N) is 1. The van der Waals surface area contributed by atoms with Crippen LogP contribution in [0.5, 0.6) is 0 Å². The minimum Gasteiger partial charge on any atom is -0.340 e. The second-order valence-electron chi connectivity index (χ2n) is 5.95. The predicted molar refractivity (Wildman–Crippen MR) is 88.1 cm³/mol. The van der Waals surface area contributed by atoms with Crippen LogP contribution in [0, 0.1) is 5.92 Å². The zero-order valence-corrected chi connectivity index (χ0v) is 13.1. The number of hydrogen-bond acceptors (Lipinski definition) is 2. The third kappa shape index (κ3) is 2.25. The van der Waals surface area contributed by atoms with Gasteiger partial charge in [-0.3, -0.25) is 9.59 Å². The number of carbonyl (C=O) groups excluding carboxylic acids is 2. The molecular weight excluding hydrogens is 276 g/mol. The number of carbonyl (C=O) groups is 2. The lowest BCUT2D eigenvalue weighted by atomic mass is 9.98. The van der Waals surface area contributed by atoms with Gasteiger partial charge in [-0.05, 0) is 28.8 Å². The van der Waals surface area contributed by atoms with Gasteiger partial charge in [0.05, 0.1) is 11.3 Å². The Labute approximate surface area is 130 Å². The zero-order valence-electron chi connectivity index (χ0n) is 13.1. The highest BCUT2D eigenvalue weighted by molar-refractivity contribution is 6.13. The maximum atomic E-state index is 12.7. The Kier molecular flexibility index (Phi) is 3.61. The van der Waals surface area contributed by atoms with Crippen molar-refractivity contribution >= 4 is 28.3 Å². The number of amides is 2. The first-order chi connectivity index (χ1) is 10.5. The van der Waals surface area contributed by atoms with Gasteiger partial charge in [-0.1, -0.05) is 44.5 Å². The highest BCUT2D eigenvalue weighted by Gasteiger charge is 2.34. The van der Waals surface area contributed by atoms with Gasteiger partial charge in [0.25, 0.3) is 5.91 Å². The molecule has 0 fully saturated rings. The van der Waals surface area contributed by atoms with Crippen LogP contribution in [0.25, 0.3) is 10.8 Å². The van der Waals surface area contributed by atoms with E-state index < -0.39 is 6.04 Å². The van der Waals surface area contributed by atoms with Crippen molar-refractivity contribution in [1.82, 2.24) is 5.32 Å². The molecule has 0 aromatic heterocycles. The summed E-state index contributed by atoms with van der Waals surface area (Å²) in [5.74, 6) is -0.136. The zero-order chi connectivity index (χ0) is 15.9. The number of nitrogens with zero attached hydrogens (tertiary/aromatic N) is 1. The lowest BCUT2D eigenvalue weighted by molar-refractivity contribution is -0.121. The molecule has 1 aliphatic heterocycles. The molecule has 0 saturated carbocycles. The summed E-state index contributed by atoms with van der Waals surface area (Å²) < 4.78 is 0. The van der Waals surface area contributed by atoms with Gasteiger partial charge in [0, 0.05) is 7.05 Å². The molecule has 1 aliphatic rings. The van der Waals surface area contributed by atoms with E-state index in [9.17, 15) is 9.59 Å². The molecule has 114 valence electrons. The molecule has 2 amide bonds. The molecule has 2 aromatic rings. The second-order valence-corrected chi connectivity index (χ2v) is 5.95. The normalized spacial score (nSPS) is 19.6. The fraction of sp³-hybridized carbons (Fsp3) is 0.333. The molecule has 0 aliphatic carbocycles. The van der Waals surface area contributed by atoms with E-state index in [4.69, 9.17) is 0 Å². The maximum Gasteiger partial charge on any atom is 0.254 e. The molecule has 2 unspecified atom stereocenters. The Morgan fingerprint density at radius 3 is 2.45 bits per heavy atom. The van der Waals surface area contributed by atoms with Crippen LogP contribution in [0.2, 0.25) is 0 Å². The minimum atomic E-state index is -0.474. The Balaban J connectivity index is 2.16. The summed E-state index contributed by atoms with van der Waals surface area (Å²) in [5.41, 5.74) is 1.23. The molecule has 2 atom stereocenters. The van der Waals surface area contributed by atoms with Crippen LogP contribution in [0.1, 0.15) is 30.6 Å². The van der Waals surface area contributed by atoms with Gasteiger partial charge in [-0.25, -0.2) is 0 Å². The number of fused-ring (bicyclic) bond motifs is 2. The summed E-state index contributed by atoms with van der Waals surface area (Å²) in [6.45, 7) is 4.01. The van der Waals surface area contributed by atoms with E-state index in [2.05, 4.69) is 5.32 Å². The van der Waals surface area contributed by atoms with Crippen molar-refractivity contribution < 1.29 is 9.59 Å². The van der Waals surface area contributed by atoms with Crippen LogP contribution in [0.3, 0.4) is 0 Å². The Hall–Kier alpha value is -2.36. The van der Waals surface area contributed by atoms with Gasteiger partial charge >= 0.3 is 0 Å². The van der Waals surface area contributed by atoms with Crippen molar-refractivity contribution in [2.45, 2.75) is 26.3 Å². The minimum absolute atomic E-state index is 0.0586. The second kappa shape index (κ2) is 5.44. The summed E-state index contributed by atoms with van der Waals surface area (Å²) in [4.78, 5) is 26.9. The van der Waals surface area contributed by atoms with E-state index in [1.165, 1.54) is 0 Å². The topological polar surface area (TPSA) is 49.4 Å². The van der Waals surface area contributed by atoms with Gasteiger partial charge in [0.2, 0.25) is 5.91 Å². The van der Waals surface area contributed by atoms with Crippen molar-refractivity contribution in [3.63, 3.8) is 0 Å². The van der Waals surface area contributed by atoms with Crippen molar-refractivity contribution in [1.29, 1.82) is 0 Å². The van der Waals surface area contributed by atoms with E-state index in [0.29, 0.717) is 11.3 Å². The van der Waals surface area contributed by atoms with Crippen molar-refractivity contribution in [2.24, 2.45) is 5.92 Å². The Bertz CT molecular complexity index is 754. The van der Waals surface area contributed by atoms with E-state index in [1.54, 1.807) is 11.9 Å². The van der Waals surface area contributed by atoms with Gasteiger partial charge in [0.15, 0.2) is 0 Å². The SMILES string of the molecule is CCC(C)C1NC(=O)c2cc3ccccc3cc2N(C)C1=O. The smallest absolute Gasteiger partial charge is 0.254 e. The van der Waals surface area contributed by atoms with Crippen molar-refractivity contribution in [3.8, 4) is 0 Å². The third-order valence-corrected chi connectivity index (χ3v) is 4.57. The monoisotopic (exact) mass is 296 g/mol. The number of anilines is 1. The first-order valence-electron chi connectivity index (χ1n) is 7.64. The lowest BCUT2D eigenvalue weighted by Crippen LogP contribution is -2.48. The van der Waals surface area contributed by atoms with Crippen LogP contribution < -0.4 is 10.2 Å². The van der Waals surface area contributed by atoms with Crippen LogP contribution in [0.15, 0.2) is 36.4 Å². The Morgan fingerprint density at radius 2 is 1.82 bits per heavy atom. The first kappa shape index (κ1) is 14.6. The average molecular weight is 296 g/mol. The molecular formula is C18H20N2O2. The van der Waals surface area contributed by atoms with Gasteiger partial charge < -0.3 is 10.2 Å². The van der Waals surface area contributed by atoms with E-state index >= 15 is 0 Å². The summed E-state index contributed by atoms with van der Waals surface area (Å²) in [7, 11) is 1.74. The molecule has 0 bridgehead atoms. The molecule has 0 radical (unpaired) electrons. The first-order valence-corrected chi connectivity index (χ1v) is 7.64. The molecule has 2 aromatic carbocycles. The number of rotatable bonds is 2. The van der Waals surface area contributed by atoms with Crippen molar-refractivity contribution in [2.75, 3.05) is 11.9 Å². The molecule has 0 saturated heterocycles. The third-order valence-electron chi connectivity index (χ3n) is 4.57. The van der Waals surface area contributed by atoms with Gasteiger partial charge in [-0.15, -0.1) is 0 Å². The fourth-order valence-corrected chi connectivity index (χ4v) is 2.92. The summed E-state index contributed by atoms with van der Waals surface area (Å²) in [6.07, 6.45) is 0.836. The van der Waals surface area contributed by atoms with Crippen LogP contribution in [-0.4, -0.2) is 24.9 Å². The largest absolute Gasteiger partial charge is 0.340 e. The van der Waals surface area contributed by atoms with E-state index in [1.807, 2.05) is 50.2 Å². The fourth-order valence-electron chi connectivity index (χ4n) is 2.92. The standard InChI is InChI=1S/C18H20N2O2/c1-4-11(2)16-18(22)20(3)15-10-13-8-6-5-7-12(13)9-14(15)17(21)19-16/h5-11,16H,4H2,1-3H3,(H,19,21). The van der Waals surface area contributed by atoms with Gasteiger partial charge in [-0.2, -0.15) is 0 Å². The summed E-state index contributed by atoms with van der Waals surface area (Å²) in [5, 5.41) is 4.92. The predicted octanol–water partition coefficient (Wildman–Crippen LogP) is 2.96. The maximum absolute atomic E-state index is 12.7. The lowest BCUT2D eigenvalue weighted by Gasteiger charge is -2.24. The summed E-state index contributed by atoms with van der Waals surface area (Å²) in [6, 6.07) is 11.2. The summed E-state index contributed by atoms with van der Waals surface area (Å²) >= 11 is 0. The van der Waals surface area contributed by atoms with Crippen LogP contribution in [-0.2, 0) is 4.79 Å². The molecule has 4 nitrogen and oxygen atoms in total. The van der Waals surface area contributed by atoms with Crippen LogP contribution >= 0.6 is 0 Å². The number of benzene rings is 2. The molecule has 1 heterocycles. The molecule has 4 heteroatoms. The number of likely N-dealkylation sites (N-methyl/N-ethyl adjacent to an activating group) is 1. The van der Waals surface area contributed by atoms with Gasteiger partial charge in [0.1, 0.15) is 6.04 Å². The molecule has 3 rings (SSSR count). The van der Waals surface area contributed by atoms with E-state index in [0.717, 1.165) is 17.2 Å². The highest BCUT2D eigenvalue weighted by atomic mass is 16.2. The van der Waals surface area contributed by atoms with Crippen LogP contribution in [0.4, 0.5) is 5.69 Å².